The zero-order chi connectivity index (χ0) is 15.4. The van der Waals surface area contributed by atoms with Crippen LogP contribution in [-0.4, -0.2) is 24.4 Å². The molecule has 0 saturated carbocycles. The molecule has 0 radical (unpaired) electrons. The van der Waals surface area contributed by atoms with Crippen LogP contribution in [0.1, 0.15) is 22.2 Å². The quantitative estimate of drug-likeness (QED) is 0.847. The van der Waals surface area contributed by atoms with Gasteiger partial charge in [0, 0.05) is 28.3 Å². The van der Waals surface area contributed by atoms with E-state index in [1.807, 2.05) is 18.4 Å². The first-order chi connectivity index (χ1) is 10.0. The summed E-state index contributed by atoms with van der Waals surface area (Å²) in [7, 11) is 1.72. The van der Waals surface area contributed by atoms with Crippen LogP contribution < -0.4 is 5.32 Å². The van der Waals surface area contributed by atoms with E-state index < -0.39 is 5.82 Å². The summed E-state index contributed by atoms with van der Waals surface area (Å²) in [4.78, 5) is 15.2. The van der Waals surface area contributed by atoms with Crippen LogP contribution in [0.15, 0.2) is 34.1 Å². The van der Waals surface area contributed by atoms with Crippen LogP contribution in [0.3, 0.4) is 0 Å². The molecule has 1 aromatic carbocycles. The number of para-hydroxylation sites is 1. The number of thiophene rings is 1. The third-order valence-corrected chi connectivity index (χ3v) is 4.64. The molecule has 0 aliphatic rings. The third kappa shape index (κ3) is 3.83. The Balaban J connectivity index is 2.21. The fraction of sp³-hybridized carbons (Fsp3) is 0.267. The highest BCUT2D eigenvalue weighted by Gasteiger charge is 2.18. The molecule has 0 aliphatic carbocycles. The van der Waals surface area contributed by atoms with Crippen molar-refractivity contribution >= 4 is 38.9 Å². The summed E-state index contributed by atoms with van der Waals surface area (Å²) in [6, 6.07) is 6.53. The number of amides is 1. The number of halogens is 2. The van der Waals surface area contributed by atoms with Crippen LogP contribution in [0.5, 0.6) is 0 Å². The SMILES string of the molecule is CCNc1c(F)cccc1C(=O)N(C)Cc1cc(Br)cs1. The van der Waals surface area contributed by atoms with Gasteiger partial charge in [0.15, 0.2) is 0 Å². The van der Waals surface area contributed by atoms with Crippen molar-refractivity contribution in [2.75, 3.05) is 18.9 Å². The van der Waals surface area contributed by atoms with Gasteiger partial charge < -0.3 is 10.2 Å². The highest BCUT2D eigenvalue weighted by atomic mass is 79.9. The van der Waals surface area contributed by atoms with Crippen LogP contribution in [0.2, 0.25) is 0 Å². The maximum atomic E-state index is 13.9. The van der Waals surface area contributed by atoms with E-state index in [1.165, 1.54) is 6.07 Å². The Kier molecular flexibility index (Phi) is 5.36. The third-order valence-electron chi connectivity index (χ3n) is 2.96. The molecule has 0 unspecified atom stereocenters. The fourth-order valence-corrected chi connectivity index (χ4v) is 3.51. The van der Waals surface area contributed by atoms with Crippen LogP contribution in [0, 0.1) is 5.82 Å². The Bertz CT molecular complexity index is 644. The van der Waals surface area contributed by atoms with E-state index in [1.54, 1.807) is 35.4 Å². The smallest absolute Gasteiger partial charge is 0.256 e. The molecule has 3 nitrogen and oxygen atoms in total. The van der Waals surface area contributed by atoms with E-state index in [0.717, 1.165) is 9.35 Å². The van der Waals surface area contributed by atoms with Gasteiger partial charge in [-0.3, -0.25) is 4.79 Å². The predicted octanol–water partition coefficient (Wildman–Crippen LogP) is 4.35. The van der Waals surface area contributed by atoms with Gasteiger partial charge in [0.1, 0.15) is 5.82 Å². The molecule has 1 heterocycles. The number of carbonyl (C=O) groups excluding carboxylic acids is 1. The zero-order valence-corrected chi connectivity index (χ0v) is 14.2. The molecular weight excluding hydrogens is 355 g/mol. The summed E-state index contributed by atoms with van der Waals surface area (Å²) in [6.45, 7) is 2.92. The van der Waals surface area contributed by atoms with E-state index >= 15 is 0 Å². The molecule has 1 aromatic heterocycles. The number of nitrogens with one attached hydrogen (secondary N) is 1. The van der Waals surface area contributed by atoms with Gasteiger partial charge in [-0.1, -0.05) is 6.07 Å². The molecule has 2 aromatic rings. The van der Waals surface area contributed by atoms with Gasteiger partial charge in [-0.15, -0.1) is 11.3 Å². The van der Waals surface area contributed by atoms with Crippen molar-refractivity contribution < 1.29 is 9.18 Å². The second-order valence-corrected chi connectivity index (χ2v) is 6.50. The topological polar surface area (TPSA) is 32.3 Å². The minimum absolute atomic E-state index is 0.199. The van der Waals surface area contributed by atoms with Crippen LogP contribution in [0.25, 0.3) is 0 Å². The van der Waals surface area contributed by atoms with E-state index in [0.29, 0.717) is 18.7 Å². The molecule has 0 saturated heterocycles. The Morgan fingerprint density at radius 2 is 2.24 bits per heavy atom. The van der Waals surface area contributed by atoms with Crippen molar-refractivity contribution in [2.45, 2.75) is 13.5 Å². The predicted molar refractivity (Wildman–Crippen MR) is 88.4 cm³/mol. The normalized spacial score (nSPS) is 10.5. The molecule has 0 atom stereocenters. The Labute approximate surface area is 135 Å². The molecule has 1 amide bonds. The van der Waals surface area contributed by atoms with Crippen LogP contribution in [-0.2, 0) is 6.54 Å². The minimum Gasteiger partial charge on any atom is -0.382 e. The summed E-state index contributed by atoms with van der Waals surface area (Å²) in [5.41, 5.74) is 0.624. The Morgan fingerprint density at radius 1 is 1.48 bits per heavy atom. The summed E-state index contributed by atoms with van der Waals surface area (Å²) in [5.74, 6) is -0.607. The molecule has 0 spiro atoms. The molecule has 21 heavy (non-hydrogen) atoms. The fourth-order valence-electron chi connectivity index (χ4n) is 2.01. The van der Waals surface area contributed by atoms with Gasteiger partial charge in [0.25, 0.3) is 5.91 Å². The number of benzene rings is 1. The molecule has 112 valence electrons. The maximum Gasteiger partial charge on any atom is 0.256 e. The first kappa shape index (κ1) is 16.0. The van der Waals surface area contributed by atoms with E-state index in [9.17, 15) is 9.18 Å². The minimum atomic E-state index is -0.407. The molecule has 0 fully saturated rings. The Hall–Kier alpha value is -1.40. The molecule has 2 rings (SSSR count). The maximum absolute atomic E-state index is 13.9. The number of rotatable bonds is 5. The van der Waals surface area contributed by atoms with Gasteiger partial charge in [0.05, 0.1) is 17.8 Å². The Morgan fingerprint density at radius 3 is 2.86 bits per heavy atom. The van der Waals surface area contributed by atoms with Crippen LogP contribution >= 0.6 is 27.3 Å². The van der Waals surface area contributed by atoms with Crippen molar-refractivity contribution in [2.24, 2.45) is 0 Å². The van der Waals surface area contributed by atoms with Crippen molar-refractivity contribution in [1.82, 2.24) is 4.90 Å². The standard InChI is InChI=1S/C15H16BrFN2OS/c1-3-18-14-12(5-4-6-13(14)17)15(20)19(2)8-11-7-10(16)9-21-11/h4-7,9,18H,3,8H2,1-2H3. The summed E-state index contributed by atoms with van der Waals surface area (Å²) in [5, 5.41) is 4.89. The molecule has 6 heteroatoms. The van der Waals surface area contributed by atoms with Gasteiger partial charge in [-0.2, -0.15) is 0 Å². The summed E-state index contributed by atoms with van der Waals surface area (Å²) in [6.07, 6.45) is 0. The van der Waals surface area contributed by atoms with E-state index in [-0.39, 0.29) is 11.6 Å². The molecular formula is C15H16BrFN2OS. The second-order valence-electron chi connectivity index (χ2n) is 4.59. The summed E-state index contributed by atoms with van der Waals surface area (Å²) >= 11 is 4.97. The van der Waals surface area contributed by atoms with Crippen molar-refractivity contribution in [1.29, 1.82) is 0 Å². The average molecular weight is 371 g/mol. The van der Waals surface area contributed by atoms with Crippen LogP contribution in [0.4, 0.5) is 10.1 Å². The van der Waals surface area contributed by atoms with Gasteiger partial charge in [0.2, 0.25) is 0 Å². The number of anilines is 1. The molecule has 0 bridgehead atoms. The number of carbonyl (C=O) groups is 1. The van der Waals surface area contributed by atoms with E-state index in [2.05, 4.69) is 21.2 Å². The monoisotopic (exact) mass is 370 g/mol. The van der Waals surface area contributed by atoms with Crippen molar-refractivity contribution in [3.05, 3.63) is 50.4 Å². The highest BCUT2D eigenvalue weighted by Crippen LogP contribution is 2.24. The first-order valence-corrected chi connectivity index (χ1v) is 8.21. The first-order valence-electron chi connectivity index (χ1n) is 6.53. The zero-order valence-electron chi connectivity index (χ0n) is 11.8. The van der Waals surface area contributed by atoms with Gasteiger partial charge >= 0.3 is 0 Å². The number of hydrogen-bond donors (Lipinski definition) is 1. The van der Waals surface area contributed by atoms with E-state index in [4.69, 9.17) is 0 Å². The van der Waals surface area contributed by atoms with Gasteiger partial charge in [-0.25, -0.2) is 4.39 Å². The number of nitrogens with zero attached hydrogens (tertiary/aromatic N) is 1. The lowest BCUT2D eigenvalue weighted by Gasteiger charge is -2.19. The lowest BCUT2D eigenvalue weighted by molar-refractivity contribution is 0.0787. The van der Waals surface area contributed by atoms with Crippen molar-refractivity contribution in [3.63, 3.8) is 0 Å². The molecule has 1 N–H and O–H groups in total. The summed E-state index contributed by atoms with van der Waals surface area (Å²) < 4.78 is 14.9. The van der Waals surface area contributed by atoms with Crippen molar-refractivity contribution in [3.8, 4) is 0 Å². The average Bonchev–Trinajstić information content (AvgIpc) is 2.85. The number of hydrogen-bond acceptors (Lipinski definition) is 3. The lowest BCUT2D eigenvalue weighted by atomic mass is 10.1. The lowest BCUT2D eigenvalue weighted by Crippen LogP contribution is -2.27. The molecule has 0 aliphatic heterocycles. The highest BCUT2D eigenvalue weighted by molar-refractivity contribution is 9.10. The van der Waals surface area contributed by atoms with Gasteiger partial charge in [-0.05, 0) is 41.1 Å². The largest absolute Gasteiger partial charge is 0.382 e. The second kappa shape index (κ2) is 7.04.